The molecule has 1 heteroatoms. The second-order valence-electron chi connectivity index (χ2n) is 1.10. The molecule has 1 aliphatic heterocycles. The highest BCUT2D eigenvalue weighted by Crippen LogP contribution is 1.80. The number of rotatable bonds is 0. The molecule has 0 aromatic carbocycles. The molecular formula is C7H19N. The molecule has 0 bridgehead atoms. The largest absolute Gasteiger partial charge is 0.317 e. The van der Waals surface area contributed by atoms with E-state index in [0.29, 0.717) is 0 Å². The minimum Gasteiger partial charge on any atom is -0.317 e. The van der Waals surface area contributed by atoms with E-state index in [1.54, 1.807) is 0 Å². The van der Waals surface area contributed by atoms with Crippen molar-refractivity contribution < 1.29 is 0 Å². The van der Waals surface area contributed by atoms with Crippen LogP contribution in [-0.4, -0.2) is 13.1 Å². The zero-order valence-corrected chi connectivity index (χ0v) is 6.62. The summed E-state index contributed by atoms with van der Waals surface area (Å²) < 4.78 is 0. The smallest absolute Gasteiger partial charge is 0.00368 e. The van der Waals surface area contributed by atoms with Crippen molar-refractivity contribution in [1.29, 1.82) is 0 Å². The van der Waals surface area contributed by atoms with Crippen molar-refractivity contribution in [3.8, 4) is 0 Å². The van der Waals surface area contributed by atoms with Crippen molar-refractivity contribution in [3.05, 3.63) is 0 Å². The molecule has 1 saturated heterocycles. The van der Waals surface area contributed by atoms with Crippen molar-refractivity contribution in [2.45, 2.75) is 34.1 Å². The maximum absolute atomic E-state index is 3.11. The first-order chi connectivity index (χ1) is 4.00. The Morgan fingerprint density at radius 1 is 0.875 bits per heavy atom. The molecule has 0 saturated carbocycles. The van der Waals surface area contributed by atoms with Gasteiger partial charge in [-0.25, -0.2) is 0 Å². The molecule has 0 radical (unpaired) electrons. The Morgan fingerprint density at radius 2 is 1.00 bits per heavy atom. The lowest BCUT2D eigenvalue weighted by Crippen LogP contribution is -2.29. The summed E-state index contributed by atoms with van der Waals surface area (Å²) in [5, 5.41) is 3.11. The summed E-state index contributed by atoms with van der Waals surface area (Å²) in [5.74, 6) is 0. The van der Waals surface area contributed by atoms with Gasteiger partial charge in [0.2, 0.25) is 0 Å². The molecule has 52 valence electrons. The molecule has 1 N–H and O–H groups in total. The van der Waals surface area contributed by atoms with Crippen LogP contribution in [0, 0.1) is 0 Å². The van der Waals surface area contributed by atoms with E-state index < -0.39 is 0 Å². The normalized spacial score (nSPS) is 13.5. The average Bonchev–Trinajstić information content (AvgIpc) is 1.72. The molecule has 1 rings (SSSR count). The van der Waals surface area contributed by atoms with Crippen molar-refractivity contribution >= 4 is 0 Å². The molecular weight excluding hydrogens is 98.1 g/mol. The summed E-state index contributed by atoms with van der Waals surface area (Å²) in [6, 6.07) is 0. The topological polar surface area (TPSA) is 12.0 Å². The monoisotopic (exact) mass is 117 g/mol. The Bertz CT molecular complexity index is 12.3. The predicted molar refractivity (Wildman–Crippen MR) is 40.2 cm³/mol. The van der Waals surface area contributed by atoms with Crippen LogP contribution in [0.15, 0.2) is 0 Å². The van der Waals surface area contributed by atoms with E-state index in [2.05, 4.69) is 5.32 Å². The zero-order valence-electron chi connectivity index (χ0n) is 6.62. The molecule has 1 fully saturated rings. The second kappa shape index (κ2) is 15.8. The molecule has 0 aliphatic carbocycles. The molecule has 0 unspecified atom stereocenters. The van der Waals surface area contributed by atoms with Crippen LogP contribution in [0.1, 0.15) is 34.1 Å². The summed E-state index contributed by atoms with van der Waals surface area (Å²) in [6.07, 6.45) is 1.39. The van der Waals surface area contributed by atoms with Crippen LogP contribution in [0.3, 0.4) is 0 Å². The van der Waals surface area contributed by atoms with Crippen LogP contribution in [0.5, 0.6) is 0 Å². The summed E-state index contributed by atoms with van der Waals surface area (Å²) in [6.45, 7) is 10.5. The Morgan fingerprint density at radius 3 is 1.00 bits per heavy atom. The zero-order chi connectivity index (χ0) is 6.83. The summed E-state index contributed by atoms with van der Waals surface area (Å²) >= 11 is 0. The molecule has 0 atom stereocenters. The van der Waals surface area contributed by atoms with Crippen LogP contribution in [0.2, 0.25) is 0 Å². The Balaban J connectivity index is 0. The average molecular weight is 117 g/mol. The van der Waals surface area contributed by atoms with Crippen molar-refractivity contribution in [3.63, 3.8) is 0 Å². The van der Waals surface area contributed by atoms with Crippen molar-refractivity contribution in [2.75, 3.05) is 13.1 Å². The molecule has 1 nitrogen and oxygen atoms in total. The van der Waals surface area contributed by atoms with E-state index >= 15 is 0 Å². The molecule has 1 heterocycles. The van der Waals surface area contributed by atoms with E-state index in [9.17, 15) is 0 Å². The fourth-order valence-electron chi connectivity index (χ4n) is 0.177. The number of nitrogens with one attached hydrogen (secondary N) is 1. The summed E-state index contributed by atoms with van der Waals surface area (Å²) in [4.78, 5) is 0. The predicted octanol–water partition coefficient (Wildman–Crippen LogP) is 2.03. The SMILES string of the molecule is C1CNC1.CC.CC. The van der Waals surface area contributed by atoms with Crippen LogP contribution in [-0.2, 0) is 0 Å². The Hall–Kier alpha value is -0.0400. The fourth-order valence-corrected chi connectivity index (χ4v) is 0.177. The lowest BCUT2D eigenvalue weighted by molar-refractivity contribution is 0.527. The Labute approximate surface area is 53.5 Å². The third kappa shape index (κ3) is 9.35. The van der Waals surface area contributed by atoms with Gasteiger partial charge in [0.15, 0.2) is 0 Å². The quantitative estimate of drug-likeness (QED) is 0.512. The fraction of sp³-hybridized carbons (Fsp3) is 1.00. The van der Waals surface area contributed by atoms with Gasteiger partial charge in [-0.05, 0) is 19.5 Å². The van der Waals surface area contributed by atoms with E-state index in [4.69, 9.17) is 0 Å². The van der Waals surface area contributed by atoms with E-state index in [-0.39, 0.29) is 0 Å². The first-order valence-corrected chi connectivity index (χ1v) is 3.71. The minimum atomic E-state index is 1.25. The minimum absolute atomic E-state index is 1.25. The van der Waals surface area contributed by atoms with E-state index in [0.717, 1.165) is 0 Å². The van der Waals surface area contributed by atoms with Gasteiger partial charge in [-0.15, -0.1) is 0 Å². The third-order valence-corrected chi connectivity index (χ3v) is 0.707. The second-order valence-corrected chi connectivity index (χ2v) is 1.10. The lowest BCUT2D eigenvalue weighted by Gasteiger charge is -2.09. The van der Waals surface area contributed by atoms with Gasteiger partial charge < -0.3 is 5.32 Å². The first-order valence-electron chi connectivity index (χ1n) is 3.71. The van der Waals surface area contributed by atoms with Gasteiger partial charge in [-0.1, -0.05) is 27.7 Å². The van der Waals surface area contributed by atoms with Gasteiger partial charge in [-0.3, -0.25) is 0 Å². The van der Waals surface area contributed by atoms with Crippen molar-refractivity contribution in [2.24, 2.45) is 0 Å². The standard InChI is InChI=1S/C3H7N.2C2H6/c1-2-4-3-1;2*1-2/h4H,1-3H2;2*1-2H3. The van der Waals surface area contributed by atoms with Gasteiger partial charge in [0, 0.05) is 0 Å². The van der Waals surface area contributed by atoms with Gasteiger partial charge in [0.25, 0.3) is 0 Å². The van der Waals surface area contributed by atoms with Crippen LogP contribution >= 0.6 is 0 Å². The number of hydrogen-bond donors (Lipinski definition) is 1. The highest BCUT2D eigenvalue weighted by atomic mass is 14.9. The summed E-state index contributed by atoms with van der Waals surface area (Å²) in [7, 11) is 0. The number of hydrogen-bond acceptors (Lipinski definition) is 1. The molecule has 0 aromatic rings. The maximum Gasteiger partial charge on any atom is -0.00368 e. The lowest BCUT2D eigenvalue weighted by atomic mass is 10.3. The summed E-state index contributed by atoms with van der Waals surface area (Å²) in [5.41, 5.74) is 0. The Kier molecular flexibility index (Phi) is 21.4. The molecule has 0 aromatic heterocycles. The van der Waals surface area contributed by atoms with E-state index in [1.807, 2.05) is 27.7 Å². The maximum atomic E-state index is 3.11. The third-order valence-electron chi connectivity index (χ3n) is 0.707. The van der Waals surface area contributed by atoms with Gasteiger partial charge in [0.05, 0.1) is 0 Å². The molecule has 1 aliphatic rings. The van der Waals surface area contributed by atoms with Gasteiger partial charge in [-0.2, -0.15) is 0 Å². The first kappa shape index (κ1) is 10.9. The molecule has 0 spiro atoms. The van der Waals surface area contributed by atoms with Crippen molar-refractivity contribution in [1.82, 2.24) is 5.32 Å². The molecule has 0 amide bonds. The van der Waals surface area contributed by atoms with E-state index in [1.165, 1.54) is 19.5 Å². The van der Waals surface area contributed by atoms with Gasteiger partial charge in [0.1, 0.15) is 0 Å². The highest BCUT2D eigenvalue weighted by molar-refractivity contribution is 4.56. The van der Waals surface area contributed by atoms with Crippen LogP contribution < -0.4 is 5.32 Å². The van der Waals surface area contributed by atoms with Crippen LogP contribution in [0.25, 0.3) is 0 Å². The highest BCUT2D eigenvalue weighted by Gasteiger charge is 1.92. The van der Waals surface area contributed by atoms with Crippen LogP contribution in [0.4, 0.5) is 0 Å². The molecule has 8 heavy (non-hydrogen) atoms. The van der Waals surface area contributed by atoms with Gasteiger partial charge >= 0.3 is 0 Å².